The molecule has 2 unspecified atom stereocenters. The van der Waals surface area contributed by atoms with E-state index in [1.165, 1.54) is 11.4 Å². The number of hydrogen-bond acceptors (Lipinski definition) is 3. The van der Waals surface area contributed by atoms with E-state index in [2.05, 4.69) is 30.9 Å². The molecule has 0 amide bonds. The van der Waals surface area contributed by atoms with Gasteiger partial charge in [0.05, 0.1) is 0 Å². The minimum absolute atomic E-state index is 0.132. The summed E-state index contributed by atoms with van der Waals surface area (Å²) in [4.78, 5) is 2.44. The molecule has 0 bridgehead atoms. The molecule has 3 N–H and O–H groups in total. The van der Waals surface area contributed by atoms with E-state index < -0.39 is 0 Å². The van der Waals surface area contributed by atoms with Gasteiger partial charge in [0.2, 0.25) is 0 Å². The molecule has 1 heterocycles. The number of nitrogens with one attached hydrogen (secondary N) is 1. The Morgan fingerprint density at radius 1 is 1.35 bits per heavy atom. The number of nitrogens with two attached hydrogens (primary N) is 1. The van der Waals surface area contributed by atoms with E-state index in [9.17, 15) is 0 Å². The van der Waals surface area contributed by atoms with Crippen LogP contribution in [-0.2, 0) is 0 Å². The number of benzene rings is 1. The molecule has 1 aromatic rings. The van der Waals surface area contributed by atoms with Gasteiger partial charge in [0.1, 0.15) is 5.84 Å². The van der Waals surface area contributed by atoms with Crippen LogP contribution in [-0.4, -0.2) is 29.4 Å². The van der Waals surface area contributed by atoms with Gasteiger partial charge in [0.15, 0.2) is 0 Å². The van der Waals surface area contributed by atoms with E-state index in [1.54, 1.807) is 0 Å². The molecule has 0 radical (unpaired) electrons. The summed E-state index contributed by atoms with van der Waals surface area (Å²) in [6.45, 7) is 5.65. The first-order chi connectivity index (χ1) is 8.09. The Bertz CT molecular complexity index is 402. The molecule has 0 saturated carbocycles. The summed E-state index contributed by atoms with van der Waals surface area (Å²) in [5, 5.41) is 8.05. The van der Waals surface area contributed by atoms with Crippen LogP contribution in [0, 0.1) is 5.41 Å². The lowest BCUT2D eigenvalue weighted by Gasteiger charge is -2.39. The quantitative estimate of drug-likeness (QED) is 0.624. The predicted octanol–water partition coefficient (Wildman–Crippen LogP) is 2.30. The number of anilines is 1. The van der Waals surface area contributed by atoms with Crippen molar-refractivity contribution in [3.63, 3.8) is 0 Å². The van der Waals surface area contributed by atoms with Crippen molar-refractivity contribution in [1.29, 1.82) is 5.41 Å². The lowest BCUT2D eigenvalue weighted by molar-refractivity contribution is 0.627. The van der Waals surface area contributed by atoms with E-state index >= 15 is 0 Å². The van der Waals surface area contributed by atoms with E-state index in [4.69, 9.17) is 11.1 Å². The summed E-state index contributed by atoms with van der Waals surface area (Å²) < 4.78 is 0. The maximum Gasteiger partial charge on any atom is 0.122 e. The highest BCUT2D eigenvalue weighted by atomic mass is 32.2. The molecule has 1 fully saturated rings. The zero-order valence-corrected chi connectivity index (χ0v) is 11.1. The van der Waals surface area contributed by atoms with Gasteiger partial charge in [-0.15, -0.1) is 0 Å². The van der Waals surface area contributed by atoms with Crippen molar-refractivity contribution in [3.05, 3.63) is 29.8 Å². The molecule has 4 heteroatoms. The molecule has 17 heavy (non-hydrogen) atoms. The molecule has 0 spiro atoms. The largest absolute Gasteiger partial charge is 0.384 e. The summed E-state index contributed by atoms with van der Waals surface area (Å²) in [6.07, 6.45) is 0. The van der Waals surface area contributed by atoms with Crippen molar-refractivity contribution in [2.24, 2.45) is 5.73 Å². The number of amidine groups is 1. The second kappa shape index (κ2) is 5.00. The molecule has 92 valence electrons. The first-order valence-corrected chi connectivity index (χ1v) is 6.97. The first-order valence-electron chi connectivity index (χ1n) is 5.92. The maximum absolute atomic E-state index is 7.38. The van der Waals surface area contributed by atoms with Gasteiger partial charge in [-0.1, -0.05) is 6.92 Å². The summed E-state index contributed by atoms with van der Waals surface area (Å²) >= 11 is 2.04. The van der Waals surface area contributed by atoms with Crippen LogP contribution in [0.1, 0.15) is 19.4 Å². The first kappa shape index (κ1) is 12.3. The van der Waals surface area contributed by atoms with Crippen LogP contribution < -0.4 is 10.6 Å². The van der Waals surface area contributed by atoms with Crippen molar-refractivity contribution in [3.8, 4) is 0 Å². The van der Waals surface area contributed by atoms with Crippen molar-refractivity contribution >= 4 is 23.3 Å². The van der Waals surface area contributed by atoms with Crippen LogP contribution in [0.5, 0.6) is 0 Å². The van der Waals surface area contributed by atoms with Gasteiger partial charge in [0, 0.05) is 34.8 Å². The molecule has 3 nitrogen and oxygen atoms in total. The highest BCUT2D eigenvalue weighted by molar-refractivity contribution is 8.00. The van der Waals surface area contributed by atoms with Crippen molar-refractivity contribution in [2.45, 2.75) is 25.1 Å². The summed E-state index contributed by atoms with van der Waals surface area (Å²) in [5.74, 6) is 1.31. The van der Waals surface area contributed by atoms with Gasteiger partial charge in [-0.05, 0) is 31.2 Å². The van der Waals surface area contributed by atoms with Crippen molar-refractivity contribution in [1.82, 2.24) is 0 Å². The van der Waals surface area contributed by atoms with Crippen LogP contribution in [0.3, 0.4) is 0 Å². The Kier molecular flexibility index (Phi) is 3.62. The molecular weight excluding hydrogens is 230 g/mol. The normalized spacial score (nSPS) is 24.7. The van der Waals surface area contributed by atoms with E-state index in [1.807, 2.05) is 23.9 Å². The number of thioether (sulfide) groups is 1. The lowest BCUT2D eigenvalue weighted by atomic mass is 10.1. The molecule has 1 saturated heterocycles. The van der Waals surface area contributed by atoms with Gasteiger partial charge < -0.3 is 10.6 Å². The monoisotopic (exact) mass is 249 g/mol. The molecule has 1 aromatic carbocycles. The fourth-order valence-electron chi connectivity index (χ4n) is 2.13. The maximum atomic E-state index is 7.38. The third-order valence-corrected chi connectivity index (χ3v) is 4.73. The van der Waals surface area contributed by atoms with Crippen LogP contribution in [0.4, 0.5) is 5.69 Å². The zero-order chi connectivity index (χ0) is 12.4. The van der Waals surface area contributed by atoms with Gasteiger partial charge in [-0.2, -0.15) is 11.8 Å². The Hall–Kier alpha value is -1.16. The molecule has 2 atom stereocenters. The van der Waals surface area contributed by atoms with Gasteiger partial charge in [-0.3, -0.25) is 5.41 Å². The molecule has 1 aliphatic rings. The minimum Gasteiger partial charge on any atom is -0.384 e. The highest BCUT2D eigenvalue weighted by Gasteiger charge is 2.25. The number of hydrogen-bond donors (Lipinski definition) is 2. The fraction of sp³-hybridized carbons (Fsp3) is 0.462. The van der Waals surface area contributed by atoms with Gasteiger partial charge >= 0.3 is 0 Å². The molecular formula is C13H19N3S. The van der Waals surface area contributed by atoms with E-state index in [-0.39, 0.29) is 5.84 Å². The van der Waals surface area contributed by atoms with Crippen LogP contribution >= 0.6 is 11.8 Å². The second-order valence-electron chi connectivity index (χ2n) is 4.47. The van der Waals surface area contributed by atoms with Crippen LogP contribution in [0.25, 0.3) is 0 Å². The van der Waals surface area contributed by atoms with Gasteiger partial charge in [-0.25, -0.2) is 0 Å². The third kappa shape index (κ3) is 2.57. The minimum atomic E-state index is 0.132. The number of nitrogen functional groups attached to an aromatic ring is 1. The molecule has 2 rings (SSSR count). The van der Waals surface area contributed by atoms with Gasteiger partial charge in [0.25, 0.3) is 0 Å². The lowest BCUT2D eigenvalue weighted by Crippen LogP contribution is -2.44. The van der Waals surface area contributed by atoms with Crippen LogP contribution in [0.15, 0.2) is 24.3 Å². The summed E-state index contributed by atoms with van der Waals surface area (Å²) in [5.41, 5.74) is 7.48. The Labute approximate surface area is 107 Å². The number of rotatable bonds is 2. The topological polar surface area (TPSA) is 53.1 Å². The van der Waals surface area contributed by atoms with Crippen molar-refractivity contribution < 1.29 is 0 Å². The highest BCUT2D eigenvalue weighted by Crippen LogP contribution is 2.28. The zero-order valence-electron chi connectivity index (χ0n) is 10.3. The third-order valence-electron chi connectivity index (χ3n) is 3.39. The average Bonchev–Trinajstić information content (AvgIpc) is 2.33. The molecule has 0 aliphatic carbocycles. The SMILES string of the molecule is CC1SCCN(c2ccc(C(=N)N)cc2)C1C. The fourth-order valence-corrected chi connectivity index (χ4v) is 3.23. The smallest absolute Gasteiger partial charge is 0.122 e. The summed E-state index contributed by atoms with van der Waals surface area (Å²) in [6, 6.07) is 8.54. The number of nitrogens with zero attached hydrogens (tertiary/aromatic N) is 1. The molecule has 1 aliphatic heterocycles. The average molecular weight is 249 g/mol. The molecule has 0 aromatic heterocycles. The Morgan fingerprint density at radius 3 is 2.59 bits per heavy atom. The Balaban J connectivity index is 2.19. The Morgan fingerprint density at radius 2 is 2.00 bits per heavy atom. The summed E-state index contributed by atoms with van der Waals surface area (Å²) in [7, 11) is 0. The second-order valence-corrected chi connectivity index (χ2v) is 5.96. The van der Waals surface area contributed by atoms with E-state index in [0.717, 1.165) is 12.1 Å². The predicted molar refractivity (Wildman–Crippen MR) is 76.2 cm³/mol. The standard InChI is InChI=1S/C13H19N3S/c1-9-10(2)17-8-7-16(9)12-5-3-11(4-6-12)13(14)15/h3-6,9-10H,7-8H2,1-2H3,(H3,14,15). The van der Waals surface area contributed by atoms with E-state index in [0.29, 0.717) is 11.3 Å². The van der Waals surface area contributed by atoms with Crippen molar-refractivity contribution in [2.75, 3.05) is 17.2 Å². The van der Waals surface area contributed by atoms with Crippen LogP contribution in [0.2, 0.25) is 0 Å².